The van der Waals surface area contributed by atoms with E-state index in [2.05, 4.69) is 56.2 Å². The summed E-state index contributed by atoms with van der Waals surface area (Å²) >= 11 is 1.65. The maximum Gasteiger partial charge on any atom is 0.268 e. The van der Waals surface area contributed by atoms with E-state index >= 15 is 0 Å². The predicted molar refractivity (Wildman–Crippen MR) is 142 cm³/mol. The summed E-state index contributed by atoms with van der Waals surface area (Å²) in [5, 5.41) is 5.21. The lowest BCUT2D eigenvalue weighted by Crippen LogP contribution is -2.27. The summed E-state index contributed by atoms with van der Waals surface area (Å²) in [6.07, 6.45) is 0. The second kappa shape index (κ2) is 9.24. The third kappa shape index (κ3) is 4.24. The first-order valence-electron chi connectivity index (χ1n) is 11.6. The van der Waals surface area contributed by atoms with Crippen LogP contribution in [0.5, 0.6) is 0 Å². The Balaban J connectivity index is 1.29. The smallest absolute Gasteiger partial charge is 0.268 e. The molecule has 0 aliphatic heterocycles. The molecule has 0 bridgehead atoms. The number of thiophene rings is 1. The molecule has 0 spiro atoms. The van der Waals surface area contributed by atoms with Crippen molar-refractivity contribution in [1.29, 1.82) is 0 Å². The van der Waals surface area contributed by atoms with E-state index in [1.807, 2.05) is 60.7 Å². The van der Waals surface area contributed by atoms with Gasteiger partial charge in [-0.2, -0.15) is 0 Å². The molecule has 1 amide bonds. The average Bonchev–Trinajstić information content (AvgIpc) is 3.59. The minimum Gasteiger partial charge on any atom is -0.344 e. The number of amides is 1. The Morgan fingerprint density at radius 3 is 2.17 bits per heavy atom. The van der Waals surface area contributed by atoms with Gasteiger partial charge in [0.1, 0.15) is 11.5 Å². The molecule has 5 nitrogen and oxygen atoms in total. The lowest BCUT2D eigenvalue weighted by Gasteiger charge is -2.13. The first-order chi connectivity index (χ1) is 17.3. The van der Waals surface area contributed by atoms with Crippen LogP contribution in [0, 0.1) is 0 Å². The maximum absolute atomic E-state index is 13.4. The van der Waals surface area contributed by atoms with Gasteiger partial charge in [0.2, 0.25) is 0 Å². The van der Waals surface area contributed by atoms with E-state index in [4.69, 9.17) is 4.98 Å². The molecule has 0 atom stereocenters. The van der Waals surface area contributed by atoms with E-state index in [0.29, 0.717) is 25.3 Å². The van der Waals surface area contributed by atoms with Gasteiger partial charge in [-0.1, -0.05) is 72.8 Å². The Labute approximate surface area is 207 Å². The van der Waals surface area contributed by atoms with Crippen LogP contribution in [0.3, 0.4) is 0 Å². The zero-order valence-corrected chi connectivity index (χ0v) is 19.9. The van der Waals surface area contributed by atoms with Gasteiger partial charge >= 0.3 is 0 Å². The molecule has 35 heavy (non-hydrogen) atoms. The predicted octanol–water partition coefficient (Wildman–Crippen LogP) is 6.08. The Hall–Kier alpha value is -4.16. The maximum atomic E-state index is 13.4. The number of nitrogens with one attached hydrogen (secondary N) is 1. The third-order valence-corrected chi connectivity index (χ3v) is 7.12. The fraction of sp³-hybridized carbons (Fsp3) is 0.103. The van der Waals surface area contributed by atoms with Crippen molar-refractivity contribution in [3.05, 3.63) is 125 Å². The average molecular weight is 477 g/mol. The molecule has 3 aromatic carbocycles. The van der Waals surface area contributed by atoms with Crippen molar-refractivity contribution in [3.63, 3.8) is 0 Å². The second-order valence-electron chi connectivity index (χ2n) is 8.54. The molecule has 1 N–H and O–H groups in total. The minimum absolute atomic E-state index is 0.0948. The van der Waals surface area contributed by atoms with Gasteiger partial charge in [0.05, 0.1) is 27.8 Å². The van der Waals surface area contributed by atoms with Crippen molar-refractivity contribution in [3.8, 4) is 0 Å². The summed E-state index contributed by atoms with van der Waals surface area (Å²) in [6.45, 7) is 1.70. The molecule has 0 saturated heterocycles. The van der Waals surface area contributed by atoms with Gasteiger partial charge in [-0.15, -0.1) is 11.3 Å². The van der Waals surface area contributed by atoms with E-state index in [1.165, 1.54) is 5.56 Å². The number of nitrogens with zero attached hydrogens (tertiary/aromatic N) is 3. The molecule has 6 rings (SSSR count). The topological polar surface area (TPSA) is 51.9 Å². The quantitative estimate of drug-likeness (QED) is 0.304. The second-order valence-corrected chi connectivity index (χ2v) is 9.49. The Bertz CT molecular complexity index is 1610. The molecule has 0 radical (unpaired) electrons. The molecule has 0 saturated carbocycles. The number of fused-ring (bicyclic) bond motifs is 2. The fourth-order valence-corrected chi connectivity index (χ4v) is 5.38. The standard InChI is InChI=1S/C29H24N4OS/c34-29(26-17-27-25(15-16-35-27)32(26)19-21-9-3-1-4-10-21)30-18-28-31-23-13-7-8-14-24(23)33(28)20-22-11-5-2-6-12-22/h1-17H,18-20H2,(H,30,34). The molecule has 3 heterocycles. The summed E-state index contributed by atoms with van der Waals surface area (Å²) in [4.78, 5) is 18.3. The van der Waals surface area contributed by atoms with Gasteiger partial charge < -0.3 is 14.5 Å². The summed E-state index contributed by atoms with van der Waals surface area (Å²) < 4.78 is 5.40. The first-order valence-corrected chi connectivity index (χ1v) is 12.5. The SMILES string of the molecule is O=C(NCc1nc2ccccc2n1Cc1ccccc1)c1cc2sccc2n1Cc1ccccc1. The van der Waals surface area contributed by atoms with Crippen LogP contribution in [0.25, 0.3) is 21.3 Å². The van der Waals surface area contributed by atoms with E-state index in [1.54, 1.807) is 11.3 Å². The molecular weight excluding hydrogens is 452 g/mol. The van der Waals surface area contributed by atoms with Crippen LogP contribution in [0.15, 0.2) is 102 Å². The summed E-state index contributed by atoms with van der Waals surface area (Å²) in [7, 11) is 0. The summed E-state index contributed by atoms with van der Waals surface area (Å²) in [6, 6.07) is 32.8. The highest BCUT2D eigenvalue weighted by Gasteiger charge is 2.18. The normalized spacial score (nSPS) is 11.3. The summed E-state index contributed by atoms with van der Waals surface area (Å²) in [5.41, 5.74) is 6.10. The molecule has 0 aliphatic carbocycles. The van der Waals surface area contributed by atoms with Crippen LogP contribution in [0.1, 0.15) is 27.4 Å². The largest absolute Gasteiger partial charge is 0.344 e. The summed E-state index contributed by atoms with van der Waals surface area (Å²) in [5.74, 6) is 0.744. The van der Waals surface area contributed by atoms with Gasteiger partial charge in [0, 0.05) is 13.1 Å². The highest BCUT2D eigenvalue weighted by Crippen LogP contribution is 2.26. The van der Waals surface area contributed by atoms with Crippen molar-refractivity contribution in [1.82, 2.24) is 19.4 Å². The molecule has 6 heteroatoms. The lowest BCUT2D eigenvalue weighted by molar-refractivity contribution is 0.0941. The number of rotatable bonds is 7. The van der Waals surface area contributed by atoms with Gasteiger partial charge in [-0.25, -0.2) is 4.98 Å². The number of carbonyl (C=O) groups is 1. The molecule has 172 valence electrons. The number of hydrogen-bond donors (Lipinski definition) is 1. The van der Waals surface area contributed by atoms with Gasteiger partial charge in [0.25, 0.3) is 5.91 Å². The Kier molecular flexibility index (Phi) is 5.64. The minimum atomic E-state index is -0.0948. The van der Waals surface area contributed by atoms with Crippen LogP contribution in [0.2, 0.25) is 0 Å². The molecule has 0 unspecified atom stereocenters. The number of carbonyl (C=O) groups excluding carboxylic acids is 1. The third-order valence-electron chi connectivity index (χ3n) is 6.26. The molecular formula is C29H24N4OS. The number of benzene rings is 3. The van der Waals surface area contributed by atoms with Crippen LogP contribution < -0.4 is 5.32 Å². The van der Waals surface area contributed by atoms with Crippen LogP contribution in [-0.4, -0.2) is 20.0 Å². The van der Waals surface area contributed by atoms with Crippen molar-refractivity contribution < 1.29 is 4.79 Å². The van der Waals surface area contributed by atoms with E-state index < -0.39 is 0 Å². The molecule has 6 aromatic rings. The van der Waals surface area contributed by atoms with Crippen molar-refractivity contribution in [2.45, 2.75) is 19.6 Å². The van der Waals surface area contributed by atoms with Crippen LogP contribution >= 0.6 is 11.3 Å². The number of para-hydroxylation sites is 2. The highest BCUT2D eigenvalue weighted by atomic mass is 32.1. The zero-order chi connectivity index (χ0) is 23.6. The highest BCUT2D eigenvalue weighted by molar-refractivity contribution is 7.17. The number of aromatic nitrogens is 3. The lowest BCUT2D eigenvalue weighted by atomic mass is 10.2. The monoisotopic (exact) mass is 476 g/mol. The fourth-order valence-electron chi connectivity index (χ4n) is 4.55. The van der Waals surface area contributed by atoms with Crippen molar-refractivity contribution in [2.24, 2.45) is 0 Å². The Morgan fingerprint density at radius 1 is 0.771 bits per heavy atom. The van der Waals surface area contributed by atoms with Crippen molar-refractivity contribution >= 4 is 38.5 Å². The number of hydrogen-bond acceptors (Lipinski definition) is 3. The van der Waals surface area contributed by atoms with Crippen LogP contribution in [0.4, 0.5) is 0 Å². The van der Waals surface area contributed by atoms with Gasteiger partial charge in [-0.3, -0.25) is 4.79 Å². The van der Waals surface area contributed by atoms with Gasteiger partial charge in [-0.05, 0) is 40.8 Å². The van der Waals surface area contributed by atoms with Crippen molar-refractivity contribution in [2.75, 3.05) is 0 Å². The zero-order valence-electron chi connectivity index (χ0n) is 19.1. The molecule has 3 aromatic heterocycles. The number of imidazole rings is 1. The molecule has 0 aliphatic rings. The first kappa shape index (κ1) is 21.4. The van der Waals surface area contributed by atoms with Crippen LogP contribution in [-0.2, 0) is 19.6 Å². The Morgan fingerprint density at radius 2 is 1.43 bits per heavy atom. The van der Waals surface area contributed by atoms with E-state index in [9.17, 15) is 4.79 Å². The van der Waals surface area contributed by atoms with E-state index in [-0.39, 0.29) is 5.91 Å². The van der Waals surface area contributed by atoms with Gasteiger partial charge in [0.15, 0.2) is 0 Å². The molecule has 0 fully saturated rings. The van der Waals surface area contributed by atoms with E-state index in [0.717, 1.165) is 32.6 Å².